The third kappa shape index (κ3) is 4.70. The highest BCUT2D eigenvalue weighted by atomic mass is 35.5. The Kier molecular flexibility index (Phi) is 6.92. The van der Waals surface area contributed by atoms with Crippen molar-refractivity contribution in [3.63, 3.8) is 0 Å². The molecule has 0 radical (unpaired) electrons. The second-order valence-corrected chi connectivity index (χ2v) is 8.51. The van der Waals surface area contributed by atoms with Crippen LogP contribution in [0.15, 0.2) is 30.3 Å². The van der Waals surface area contributed by atoms with E-state index in [0.29, 0.717) is 22.8 Å². The van der Waals surface area contributed by atoms with Gasteiger partial charge in [-0.15, -0.1) is 0 Å². The van der Waals surface area contributed by atoms with Crippen LogP contribution in [-0.4, -0.2) is 32.7 Å². The zero-order valence-electron chi connectivity index (χ0n) is 18.2. The van der Waals surface area contributed by atoms with Crippen molar-refractivity contribution in [3.05, 3.63) is 74.3 Å². The highest BCUT2D eigenvalue weighted by molar-refractivity contribution is 6.33. The highest BCUT2D eigenvalue weighted by Gasteiger charge is 2.24. The molecule has 0 amide bonds. The summed E-state index contributed by atoms with van der Waals surface area (Å²) in [5.74, 6) is -0.940. The zero-order chi connectivity index (χ0) is 22.9. The number of nitrogens with zero attached hydrogens (tertiary/aromatic N) is 3. The number of halogens is 2. The number of hydrogen-bond acceptors (Lipinski definition) is 4. The molecule has 0 atom stereocenters. The number of ketones is 1. The lowest BCUT2D eigenvalue weighted by atomic mass is 10.1. The van der Waals surface area contributed by atoms with Gasteiger partial charge in [-0.1, -0.05) is 41.4 Å². The lowest BCUT2D eigenvalue weighted by Crippen LogP contribution is -2.16. The Hall–Kier alpha value is -2.57. The first kappa shape index (κ1) is 23.1. The second kappa shape index (κ2) is 9.28. The Bertz CT molecular complexity index is 1150. The molecule has 164 valence electrons. The summed E-state index contributed by atoms with van der Waals surface area (Å²) in [5.41, 5.74) is 3.79. The number of Topliss-reactive ketones (excluding diaryl/α,β-unsaturated/α-hetero) is 1. The van der Waals surface area contributed by atoms with Crippen molar-refractivity contribution < 1.29 is 14.3 Å². The number of aryl methyl sites for hydroxylation is 2. The van der Waals surface area contributed by atoms with E-state index < -0.39 is 5.97 Å². The molecule has 2 heterocycles. The van der Waals surface area contributed by atoms with Crippen molar-refractivity contribution >= 4 is 35.0 Å². The largest absolute Gasteiger partial charge is 0.454 e. The van der Waals surface area contributed by atoms with Gasteiger partial charge in [-0.2, -0.15) is 5.10 Å². The quantitative estimate of drug-likeness (QED) is 0.339. The summed E-state index contributed by atoms with van der Waals surface area (Å²) in [4.78, 5) is 25.4. The normalized spacial score (nSPS) is 11.2. The second-order valence-electron chi connectivity index (χ2n) is 7.75. The van der Waals surface area contributed by atoms with Gasteiger partial charge in [0.2, 0.25) is 5.78 Å². The molecule has 1 aromatic carbocycles. The number of benzene rings is 1. The van der Waals surface area contributed by atoms with Gasteiger partial charge in [-0.25, -0.2) is 9.48 Å². The van der Waals surface area contributed by atoms with Crippen molar-refractivity contribution in [3.8, 4) is 0 Å². The third-order valence-corrected chi connectivity index (χ3v) is 5.94. The van der Waals surface area contributed by atoms with E-state index in [1.54, 1.807) is 13.0 Å². The van der Waals surface area contributed by atoms with Gasteiger partial charge in [0, 0.05) is 28.0 Å². The fraction of sp³-hybridized carbons (Fsp3) is 0.348. The number of aromatic nitrogens is 3. The minimum absolute atomic E-state index is 0.146. The lowest BCUT2D eigenvalue weighted by molar-refractivity contribution is 0.0474. The van der Waals surface area contributed by atoms with Crippen LogP contribution in [0.25, 0.3) is 0 Å². The number of ether oxygens (including phenoxy) is 1. The number of carbonyl (C=O) groups is 2. The maximum Gasteiger partial charge on any atom is 0.343 e. The summed E-state index contributed by atoms with van der Waals surface area (Å²) >= 11 is 12.6. The van der Waals surface area contributed by atoms with E-state index in [0.717, 1.165) is 17.0 Å². The first-order valence-corrected chi connectivity index (χ1v) is 10.7. The van der Waals surface area contributed by atoms with Crippen LogP contribution in [0.3, 0.4) is 0 Å². The van der Waals surface area contributed by atoms with E-state index in [9.17, 15) is 9.59 Å². The molecule has 6 nitrogen and oxygen atoms in total. The summed E-state index contributed by atoms with van der Waals surface area (Å²) in [5, 5.41) is 5.07. The molecule has 0 saturated heterocycles. The topological polar surface area (TPSA) is 66.1 Å². The standard InChI is InChI=1S/C23H25Cl2N3O3/c1-13(2)28-14(3)10-18(16(28)5)20(29)12-31-23(30)21-15(4)26-27(22(21)25)11-17-8-6-7-9-19(17)24/h6-10,13H,11-12H2,1-5H3. The number of esters is 1. The molecule has 0 spiro atoms. The maximum absolute atomic E-state index is 12.7. The van der Waals surface area contributed by atoms with Crippen LogP contribution in [0.5, 0.6) is 0 Å². The van der Waals surface area contributed by atoms with Crippen LogP contribution in [0.2, 0.25) is 10.2 Å². The molecule has 3 aromatic rings. The zero-order valence-corrected chi connectivity index (χ0v) is 19.7. The Morgan fingerprint density at radius 3 is 2.42 bits per heavy atom. The van der Waals surface area contributed by atoms with E-state index in [1.807, 2.05) is 38.1 Å². The van der Waals surface area contributed by atoms with Gasteiger partial charge in [0.1, 0.15) is 10.7 Å². The van der Waals surface area contributed by atoms with E-state index >= 15 is 0 Å². The Morgan fingerprint density at radius 2 is 1.81 bits per heavy atom. The number of rotatable bonds is 7. The molecule has 2 aromatic heterocycles. The molecule has 31 heavy (non-hydrogen) atoms. The van der Waals surface area contributed by atoms with Crippen molar-refractivity contribution in [2.24, 2.45) is 0 Å². The predicted molar refractivity (Wildman–Crippen MR) is 121 cm³/mol. The summed E-state index contributed by atoms with van der Waals surface area (Å²) in [6, 6.07) is 9.39. The van der Waals surface area contributed by atoms with E-state index in [-0.39, 0.29) is 29.1 Å². The van der Waals surface area contributed by atoms with Gasteiger partial charge < -0.3 is 9.30 Å². The summed E-state index contributed by atoms with van der Waals surface area (Å²) in [7, 11) is 0. The fourth-order valence-corrected chi connectivity index (χ4v) is 4.32. The molecule has 8 heteroatoms. The molecule has 0 fully saturated rings. The van der Waals surface area contributed by atoms with Crippen LogP contribution in [0.1, 0.15) is 63.3 Å². The average molecular weight is 462 g/mol. The van der Waals surface area contributed by atoms with Crippen molar-refractivity contribution in [2.75, 3.05) is 6.61 Å². The minimum atomic E-state index is -0.682. The van der Waals surface area contributed by atoms with Gasteiger partial charge >= 0.3 is 5.97 Å². The molecule has 0 saturated carbocycles. The van der Waals surface area contributed by atoms with Crippen molar-refractivity contribution in [1.29, 1.82) is 0 Å². The van der Waals surface area contributed by atoms with Crippen LogP contribution < -0.4 is 0 Å². The summed E-state index contributed by atoms with van der Waals surface area (Å²) < 4.78 is 8.87. The van der Waals surface area contributed by atoms with Gasteiger partial charge in [-0.3, -0.25) is 4.79 Å². The van der Waals surface area contributed by atoms with Crippen LogP contribution in [0.4, 0.5) is 0 Å². The predicted octanol–water partition coefficient (Wildman–Crippen LogP) is 5.59. The Morgan fingerprint density at radius 1 is 1.13 bits per heavy atom. The minimum Gasteiger partial charge on any atom is -0.454 e. The van der Waals surface area contributed by atoms with Gasteiger partial charge in [0.05, 0.1) is 12.2 Å². The van der Waals surface area contributed by atoms with Crippen LogP contribution in [-0.2, 0) is 11.3 Å². The molecule has 0 unspecified atom stereocenters. The Labute approximate surface area is 191 Å². The molecule has 0 aliphatic rings. The molecular weight excluding hydrogens is 437 g/mol. The summed E-state index contributed by atoms with van der Waals surface area (Å²) in [6.07, 6.45) is 0. The SMILES string of the molecule is Cc1nn(Cc2ccccc2Cl)c(Cl)c1C(=O)OCC(=O)c1cc(C)n(C(C)C)c1C. The van der Waals surface area contributed by atoms with Gasteiger partial charge in [-0.05, 0) is 52.3 Å². The van der Waals surface area contributed by atoms with Gasteiger partial charge in [0.25, 0.3) is 0 Å². The number of hydrogen-bond donors (Lipinski definition) is 0. The smallest absolute Gasteiger partial charge is 0.343 e. The van der Waals surface area contributed by atoms with E-state index in [2.05, 4.69) is 23.5 Å². The summed E-state index contributed by atoms with van der Waals surface area (Å²) in [6.45, 7) is 9.57. The van der Waals surface area contributed by atoms with Crippen molar-refractivity contribution in [2.45, 2.75) is 47.2 Å². The Balaban J connectivity index is 1.74. The molecule has 0 N–H and O–H groups in total. The highest BCUT2D eigenvalue weighted by Crippen LogP contribution is 2.25. The number of carbonyl (C=O) groups excluding carboxylic acids is 2. The van der Waals surface area contributed by atoms with E-state index in [1.165, 1.54) is 4.68 Å². The van der Waals surface area contributed by atoms with Crippen molar-refractivity contribution in [1.82, 2.24) is 14.3 Å². The van der Waals surface area contributed by atoms with E-state index in [4.69, 9.17) is 27.9 Å². The van der Waals surface area contributed by atoms with Crippen LogP contribution >= 0.6 is 23.2 Å². The fourth-order valence-electron chi connectivity index (χ4n) is 3.81. The monoisotopic (exact) mass is 461 g/mol. The average Bonchev–Trinajstić information content (AvgIpc) is 3.16. The first-order valence-electron chi connectivity index (χ1n) is 9.96. The first-order chi connectivity index (χ1) is 14.6. The lowest BCUT2D eigenvalue weighted by Gasteiger charge is -2.13. The molecular formula is C23H25Cl2N3O3. The molecule has 3 rings (SSSR count). The van der Waals surface area contributed by atoms with Crippen LogP contribution in [0, 0.1) is 20.8 Å². The maximum atomic E-state index is 12.7. The molecule has 0 bridgehead atoms. The molecule has 0 aliphatic carbocycles. The molecule has 0 aliphatic heterocycles. The van der Waals surface area contributed by atoms with Gasteiger partial charge in [0.15, 0.2) is 6.61 Å². The third-order valence-electron chi connectivity index (χ3n) is 5.18.